The predicted octanol–water partition coefficient (Wildman–Crippen LogP) is 2.71. The summed E-state index contributed by atoms with van der Waals surface area (Å²) in [6.07, 6.45) is 0. The van der Waals surface area contributed by atoms with Crippen molar-refractivity contribution in [1.29, 1.82) is 0 Å². The van der Waals surface area contributed by atoms with Gasteiger partial charge in [0, 0.05) is 6.07 Å². The highest BCUT2D eigenvalue weighted by molar-refractivity contribution is 5.85. The number of nitrogens with zero attached hydrogens (tertiary/aromatic N) is 3. The summed E-state index contributed by atoms with van der Waals surface area (Å²) >= 11 is 0. The third-order valence-electron chi connectivity index (χ3n) is 4.79. The Bertz CT molecular complexity index is 1300. The van der Waals surface area contributed by atoms with E-state index in [1.54, 1.807) is 18.2 Å². The molecule has 0 bridgehead atoms. The number of hydrogen-bond acceptors (Lipinski definition) is 6. The number of ether oxygens (including phenoxy) is 1. The van der Waals surface area contributed by atoms with Crippen LogP contribution >= 0.6 is 0 Å². The van der Waals surface area contributed by atoms with Gasteiger partial charge in [-0.1, -0.05) is 42.5 Å². The van der Waals surface area contributed by atoms with E-state index in [4.69, 9.17) is 4.74 Å². The van der Waals surface area contributed by atoms with Gasteiger partial charge in [0.2, 0.25) is 11.8 Å². The summed E-state index contributed by atoms with van der Waals surface area (Å²) in [7, 11) is 1.50. The molecule has 8 nitrogen and oxygen atoms in total. The first kappa shape index (κ1) is 19.4. The van der Waals surface area contributed by atoms with Gasteiger partial charge in [0.25, 0.3) is 11.1 Å². The molecule has 0 radical (unpaired) electrons. The molecule has 2 aromatic heterocycles. The minimum atomic E-state index is -0.316. The summed E-state index contributed by atoms with van der Waals surface area (Å²) in [6.45, 7) is 2.01. The molecule has 0 aliphatic carbocycles. The largest absolute Gasteiger partial charge is 0.480 e. The van der Waals surface area contributed by atoms with E-state index in [-0.39, 0.29) is 23.7 Å². The molecule has 2 aromatic carbocycles. The van der Waals surface area contributed by atoms with Crippen molar-refractivity contribution in [2.24, 2.45) is 0 Å². The Hall–Kier alpha value is -3.94. The first-order valence-electron chi connectivity index (χ1n) is 9.50. The molecule has 0 fully saturated rings. The second-order valence-electron chi connectivity index (χ2n) is 6.88. The molecule has 4 aromatic rings. The van der Waals surface area contributed by atoms with Gasteiger partial charge in [0.05, 0.1) is 36.2 Å². The van der Waals surface area contributed by atoms with Crippen LogP contribution in [-0.4, -0.2) is 26.9 Å². The molecular formula is C22H21N5O3. The minimum Gasteiger partial charge on any atom is -0.480 e. The monoisotopic (exact) mass is 403 g/mol. The molecule has 0 amide bonds. The van der Waals surface area contributed by atoms with Crippen LogP contribution in [0.3, 0.4) is 0 Å². The Morgan fingerprint density at radius 2 is 1.77 bits per heavy atom. The van der Waals surface area contributed by atoms with Crippen LogP contribution in [-0.2, 0) is 6.54 Å². The van der Waals surface area contributed by atoms with E-state index in [2.05, 4.69) is 20.4 Å². The first-order chi connectivity index (χ1) is 14.5. The van der Waals surface area contributed by atoms with Gasteiger partial charge in [-0.15, -0.1) is 5.10 Å². The highest BCUT2D eigenvalue weighted by Crippen LogP contribution is 2.20. The average Bonchev–Trinajstić information content (AvgIpc) is 2.76. The number of methoxy groups -OCH3 is 1. The Morgan fingerprint density at radius 1 is 1.07 bits per heavy atom. The molecule has 0 aliphatic heterocycles. The molecule has 152 valence electrons. The fourth-order valence-electron chi connectivity index (χ4n) is 3.30. The van der Waals surface area contributed by atoms with E-state index in [1.807, 2.05) is 43.3 Å². The number of benzene rings is 2. The Balaban J connectivity index is 1.67. The third kappa shape index (κ3) is 3.93. The van der Waals surface area contributed by atoms with Gasteiger partial charge >= 0.3 is 0 Å². The van der Waals surface area contributed by atoms with E-state index < -0.39 is 0 Å². The lowest BCUT2D eigenvalue weighted by Gasteiger charge is -2.15. The lowest BCUT2D eigenvalue weighted by atomic mass is 10.1. The molecule has 0 spiro atoms. The lowest BCUT2D eigenvalue weighted by Crippen LogP contribution is -2.26. The predicted molar refractivity (Wildman–Crippen MR) is 115 cm³/mol. The van der Waals surface area contributed by atoms with Crippen molar-refractivity contribution >= 4 is 16.7 Å². The van der Waals surface area contributed by atoms with Gasteiger partial charge in [0.1, 0.15) is 0 Å². The van der Waals surface area contributed by atoms with Crippen LogP contribution in [0.15, 0.2) is 70.3 Å². The standard InChI is InChI=1S/C22H21N5O3/c1-14(15-8-4-3-5-9-15)23-22-24-16(12-19(28)25-22)13-27-21(29)18-11-7-6-10-17(18)20(26-27)30-2/h3-12,14H,13H2,1-2H3,(H2,23,24,25,28)/t14-/m0/s1. The van der Waals surface area contributed by atoms with Gasteiger partial charge in [0.15, 0.2) is 0 Å². The van der Waals surface area contributed by atoms with Crippen molar-refractivity contribution in [2.45, 2.75) is 19.5 Å². The third-order valence-corrected chi connectivity index (χ3v) is 4.79. The van der Waals surface area contributed by atoms with E-state index in [0.717, 1.165) is 5.56 Å². The quantitative estimate of drug-likeness (QED) is 0.513. The molecular weight excluding hydrogens is 382 g/mol. The summed E-state index contributed by atoms with van der Waals surface area (Å²) in [6, 6.07) is 18.2. The van der Waals surface area contributed by atoms with Crippen molar-refractivity contribution < 1.29 is 4.74 Å². The van der Waals surface area contributed by atoms with Crippen LogP contribution in [0, 0.1) is 0 Å². The van der Waals surface area contributed by atoms with Crippen molar-refractivity contribution in [2.75, 3.05) is 12.4 Å². The zero-order valence-electron chi connectivity index (χ0n) is 16.6. The van der Waals surface area contributed by atoms with Crippen LogP contribution in [0.1, 0.15) is 24.2 Å². The maximum atomic E-state index is 12.8. The topological polar surface area (TPSA) is 102 Å². The average molecular weight is 403 g/mol. The van der Waals surface area contributed by atoms with Crippen LogP contribution < -0.4 is 21.2 Å². The molecule has 2 N–H and O–H groups in total. The van der Waals surface area contributed by atoms with E-state index in [1.165, 1.54) is 17.9 Å². The Morgan fingerprint density at radius 3 is 2.50 bits per heavy atom. The van der Waals surface area contributed by atoms with Crippen LogP contribution in [0.5, 0.6) is 5.88 Å². The van der Waals surface area contributed by atoms with Crippen molar-refractivity contribution in [3.05, 3.63) is 92.6 Å². The van der Waals surface area contributed by atoms with Crippen molar-refractivity contribution in [3.8, 4) is 5.88 Å². The van der Waals surface area contributed by atoms with E-state index in [0.29, 0.717) is 28.3 Å². The summed E-state index contributed by atoms with van der Waals surface area (Å²) in [5.41, 5.74) is 0.875. The van der Waals surface area contributed by atoms with Crippen LogP contribution in [0.25, 0.3) is 10.8 Å². The number of nitrogens with one attached hydrogen (secondary N) is 2. The molecule has 2 heterocycles. The molecule has 0 saturated carbocycles. The Kier molecular flexibility index (Phi) is 5.30. The van der Waals surface area contributed by atoms with Gasteiger partial charge in [-0.3, -0.25) is 14.6 Å². The molecule has 1 atom stereocenters. The highest BCUT2D eigenvalue weighted by Gasteiger charge is 2.13. The number of hydrogen-bond donors (Lipinski definition) is 2. The molecule has 0 saturated heterocycles. The van der Waals surface area contributed by atoms with Gasteiger partial charge in [-0.05, 0) is 24.6 Å². The second kappa shape index (κ2) is 8.20. The number of rotatable bonds is 6. The number of anilines is 1. The first-order valence-corrected chi connectivity index (χ1v) is 9.50. The normalized spacial score (nSPS) is 11.9. The van der Waals surface area contributed by atoms with Crippen LogP contribution in [0.4, 0.5) is 5.95 Å². The summed E-state index contributed by atoms with van der Waals surface area (Å²) in [4.78, 5) is 32.2. The second-order valence-corrected chi connectivity index (χ2v) is 6.88. The number of H-pyrrole nitrogens is 1. The van der Waals surface area contributed by atoms with Crippen LogP contribution in [0.2, 0.25) is 0 Å². The maximum absolute atomic E-state index is 12.8. The minimum absolute atomic E-state index is 0.0400. The van der Waals surface area contributed by atoms with E-state index >= 15 is 0 Å². The maximum Gasteiger partial charge on any atom is 0.275 e. The number of fused-ring (bicyclic) bond motifs is 1. The molecule has 0 aliphatic rings. The van der Waals surface area contributed by atoms with Gasteiger partial charge in [-0.2, -0.15) is 0 Å². The number of aromatic nitrogens is 4. The zero-order valence-corrected chi connectivity index (χ0v) is 16.6. The Labute approximate surface area is 172 Å². The van der Waals surface area contributed by atoms with Gasteiger partial charge in [-0.25, -0.2) is 9.67 Å². The fourth-order valence-corrected chi connectivity index (χ4v) is 3.30. The zero-order chi connectivity index (χ0) is 21.1. The van der Waals surface area contributed by atoms with Crippen molar-refractivity contribution in [1.82, 2.24) is 19.7 Å². The molecule has 0 unspecified atom stereocenters. The summed E-state index contributed by atoms with van der Waals surface area (Å²) in [5.74, 6) is 0.667. The number of aromatic amines is 1. The van der Waals surface area contributed by atoms with Crippen molar-refractivity contribution in [3.63, 3.8) is 0 Å². The summed E-state index contributed by atoms with van der Waals surface area (Å²) in [5, 5.41) is 8.61. The SMILES string of the molecule is COc1nn(Cc2cc(=O)[nH]c(N[C@@H](C)c3ccccc3)n2)c(=O)c2ccccc12. The molecule has 4 rings (SSSR count). The summed E-state index contributed by atoms with van der Waals surface area (Å²) < 4.78 is 6.60. The van der Waals surface area contributed by atoms with E-state index in [9.17, 15) is 9.59 Å². The lowest BCUT2D eigenvalue weighted by molar-refractivity contribution is 0.385. The molecule has 30 heavy (non-hydrogen) atoms. The smallest absolute Gasteiger partial charge is 0.275 e. The van der Waals surface area contributed by atoms with Gasteiger partial charge < -0.3 is 10.1 Å². The fraction of sp³-hybridized carbons (Fsp3) is 0.182. The molecule has 8 heteroatoms. The highest BCUT2D eigenvalue weighted by atomic mass is 16.5.